The number of fused-ring (bicyclic) bond motifs is 1. The van der Waals surface area contributed by atoms with Crippen molar-refractivity contribution in [1.29, 1.82) is 0 Å². The van der Waals surface area contributed by atoms with E-state index in [1.165, 1.54) is 22.4 Å². The molecular weight excluding hydrogens is 340 g/mol. The molecule has 1 atom stereocenters. The van der Waals surface area contributed by atoms with Crippen LogP contribution in [0.4, 0.5) is 0 Å². The van der Waals surface area contributed by atoms with Crippen LogP contribution in [0.25, 0.3) is 0 Å². The Balaban J connectivity index is 1.33. The van der Waals surface area contributed by atoms with Crippen LogP contribution in [0.15, 0.2) is 41.5 Å². The van der Waals surface area contributed by atoms with Crippen LogP contribution < -0.4 is 5.43 Å². The number of hydrogen-bond donors (Lipinski definition) is 1. The molecule has 4 heteroatoms. The Morgan fingerprint density at radius 1 is 1.12 bits per heavy atom. The van der Waals surface area contributed by atoms with Crippen LogP contribution in [0.2, 0.25) is 0 Å². The fourth-order valence-electron chi connectivity index (χ4n) is 4.12. The lowest BCUT2D eigenvalue weighted by molar-refractivity contribution is 0.0958. The molecule has 0 saturated heterocycles. The number of amides is 1. The Labute approximate surface area is 159 Å². The fraction of sp³-hybridized carbons (Fsp3) is 0.455. The maximum Gasteiger partial charge on any atom is 0.281 e. The van der Waals surface area contributed by atoms with Gasteiger partial charge in [0.25, 0.3) is 5.91 Å². The van der Waals surface area contributed by atoms with Crippen molar-refractivity contribution < 1.29 is 4.79 Å². The Hall–Kier alpha value is -1.94. The van der Waals surface area contributed by atoms with Crippen molar-refractivity contribution in [3.8, 4) is 0 Å². The molecule has 0 bridgehead atoms. The second-order valence-electron chi connectivity index (χ2n) is 7.71. The summed E-state index contributed by atoms with van der Waals surface area (Å²) >= 11 is 1.65. The lowest BCUT2D eigenvalue weighted by Crippen LogP contribution is -2.21. The van der Waals surface area contributed by atoms with Crippen molar-refractivity contribution >= 4 is 23.0 Å². The van der Waals surface area contributed by atoms with Gasteiger partial charge in [0, 0.05) is 10.6 Å². The molecule has 2 aliphatic carbocycles. The van der Waals surface area contributed by atoms with Crippen LogP contribution in [0.5, 0.6) is 0 Å². The van der Waals surface area contributed by atoms with E-state index < -0.39 is 0 Å². The standard InChI is InChI=1S/C22H26N2OS/c1-15-7-12-20-18(13-15)14-21(26-20)22(25)24-23-19-10-8-17(9-11-19)16-5-3-2-4-6-16/h2-6,14-15,17H,7-13H2,1H3,(H,24,25)/t15-,17?/m0/s1. The number of hydrogen-bond acceptors (Lipinski definition) is 3. The summed E-state index contributed by atoms with van der Waals surface area (Å²) in [6.07, 6.45) is 7.63. The Morgan fingerprint density at radius 3 is 2.65 bits per heavy atom. The average Bonchev–Trinajstić information content (AvgIpc) is 3.10. The molecule has 0 spiro atoms. The highest BCUT2D eigenvalue weighted by Gasteiger charge is 2.22. The van der Waals surface area contributed by atoms with Crippen molar-refractivity contribution in [2.75, 3.05) is 0 Å². The topological polar surface area (TPSA) is 41.5 Å². The third-order valence-corrected chi connectivity index (χ3v) is 6.94. The summed E-state index contributed by atoms with van der Waals surface area (Å²) in [5, 5.41) is 4.43. The van der Waals surface area contributed by atoms with Crippen molar-refractivity contribution in [3.63, 3.8) is 0 Å². The molecule has 2 aromatic rings. The van der Waals surface area contributed by atoms with Gasteiger partial charge < -0.3 is 0 Å². The van der Waals surface area contributed by atoms with Gasteiger partial charge in [0.15, 0.2) is 0 Å². The number of carbonyl (C=O) groups is 1. The van der Waals surface area contributed by atoms with Gasteiger partial charge in [-0.15, -0.1) is 11.3 Å². The van der Waals surface area contributed by atoms with E-state index in [1.807, 2.05) is 0 Å². The Morgan fingerprint density at radius 2 is 1.88 bits per heavy atom. The van der Waals surface area contributed by atoms with Crippen molar-refractivity contribution in [2.24, 2.45) is 11.0 Å². The summed E-state index contributed by atoms with van der Waals surface area (Å²) in [6.45, 7) is 2.29. The number of thiophene rings is 1. The molecule has 1 amide bonds. The Bertz CT molecular complexity index is 799. The van der Waals surface area contributed by atoms with E-state index in [-0.39, 0.29) is 5.91 Å². The summed E-state index contributed by atoms with van der Waals surface area (Å²) in [5.74, 6) is 1.31. The van der Waals surface area contributed by atoms with Crippen LogP contribution in [-0.2, 0) is 12.8 Å². The quantitative estimate of drug-likeness (QED) is 0.734. The lowest BCUT2D eigenvalue weighted by Gasteiger charge is -2.23. The van der Waals surface area contributed by atoms with Crippen LogP contribution in [0.1, 0.15) is 70.6 Å². The van der Waals surface area contributed by atoms with E-state index in [1.54, 1.807) is 11.3 Å². The van der Waals surface area contributed by atoms with E-state index in [4.69, 9.17) is 0 Å². The molecule has 26 heavy (non-hydrogen) atoms. The first-order chi connectivity index (χ1) is 12.7. The number of carbonyl (C=O) groups excluding carboxylic acids is 1. The minimum Gasteiger partial charge on any atom is -0.266 e. The minimum absolute atomic E-state index is 0.0465. The smallest absolute Gasteiger partial charge is 0.266 e. The highest BCUT2D eigenvalue weighted by atomic mass is 32.1. The first-order valence-corrected chi connectivity index (χ1v) is 10.5. The molecule has 1 aromatic carbocycles. The van der Waals surface area contributed by atoms with Crippen LogP contribution in [-0.4, -0.2) is 11.6 Å². The lowest BCUT2D eigenvalue weighted by atomic mass is 9.83. The maximum atomic E-state index is 12.5. The predicted molar refractivity (Wildman–Crippen MR) is 108 cm³/mol. The number of rotatable bonds is 3. The molecule has 3 nitrogen and oxygen atoms in total. The molecule has 1 saturated carbocycles. The largest absolute Gasteiger partial charge is 0.281 e. The molecule has 1 N–H and O–H groups in total. The summed E-state index contributed by atoms with van der Waals surface area (Å²) in [5.41, 5.74) is 6.72. The molecule has 0 radical (unpaired) electrons. The van der Waals surface area contributed by atoms with E-state index in [9.17, 15) is 4.79 Å². The van der Waals surface area contributed by atoms with Gasteiger partial charge in [-0.2, -0.15) is 5.10 Å². The van der Waals surface area contributed by atoms with Gasteiger partial charge in [-0.05, 0) is 74.0 Å². The number of benzene rings is 1. The molecule has 1 fully saturated rings. The van der Waals surface area contributed by atoms with E-state index in [2.05, 4.69) is 53.8 Å². The SMILES string of the molecule is C[C@H]1CCc2sc(C(=O)NN=C3CCC(c4ccccc4)CC3)cc2C1. The molecule has 1 aromatic heterocycles. The summed E-state index contributed by atoms with van der Waals surface area (Å²) < 4.78 is 0. The number of nitrogens with one attached hydrogen (secondary N) is 1. The molecule has 2 aliphatic rings. The van der Waals surface area contributed by atoms with Gasteiger partial charge in [0.1, 0.15) is 0 Å². The molecule has 0 unspecified atom stereocenters. The van der Waals surface area contributed by atoms with Crippen molar-refractivity contribution in [2.45, 2.75) is 57.8 Å². The molecule has 136 valence electrons. The van der Waals surface area contributed by atoms with Crippen LogP contribution >= 0.6 is 11.3 Å². The van der Waals surface area contributed by atoms with Gasteiger partial charge in [-0.1, -0.05) is 37.3 Å². The van der Waals surface area contributed by atoms with Gasteiger partial charge in [0.2, 0.25) is 0 Å². The molecule has 4 rings (SSSR count). The van der Waals surface area contributed by atoms with E-state index in [0.717, 1.165) is 55.0 Å². The second-order valence-corrected chi connectivity index (χ2v) is 8.85. The molecule has 1 heterocycles. The number of nitrogens with zero attached hydrogens (tertiary/aromatic N) is 1. The second kappa shape index (κ2) is 7.75. The normalized spacial score (nSPS) is 22.6. The van der Waals surface area contributed by atoms with Crippen molar-refractivity contribution in [1.82, 2.24) is 5.43 Å². The zero-order valence-electron chi connectivity index (χ0n) is 15.3. The third kappa shape index (κ3) is 3.90. The molecule has 0 aliphatic heterocycles. The van der Waals surface area contributed by atoms with Gasteiger partial charge in [-0.25, -0.2) is 5.43 Å². The fourth-order valence-corrected chi connectivity index (χ4v) is 5.22. The van der Waals surface area contributed by atoms with Crippen LogP contribution in [0, 0.1) is 5.92 Å². The zero-order chi connectivity index (χ0) is 17.9. The first-order valence-electron chi connectivity index (χ1n) is 9.71. The van der Waals surface area contributed by atoms with Gasteiger partial charge >= 0.3 is 0 Å². The van der Waals surface area contributed by atoms with E-state index >= 15 is 0 Å². The highest BCUT2D eigenvalue weighted by Crippen LogP contribution is 2.33. The highest BCUT2D eigenvalue weighted by molar-refractivity contribution is 7.14. The predicted octanol–water partition coefficient (Wildman–Crippen LogP) is 5.32. The van der Waals surface area contributed by atoms with Gasteiger partial charge in [-0.3, -0.25) is 4.79 Å². The number of hydrazone groups is 1. The number of aryl methyl sites for hydroxylation is 1. The minimum atomic E-state index is -0.0465. The molecular formula is C22H26N2OS. The maximum absolute atomic E-state index is 12.5. The summed E-state index contributed by atoms with van der Waals surface area (Å²) in [7, 11) is 0. The van der Waals surface area contributed by atoms with Gasteiger partial charge in [0.05, 0.1) is 4.88 Å². The average molecular weight is 367 g/mol. The van der Waals surface area contributed by atoms with E-state index in [0.29, 0.717) is 5.92 Å². The monoisotopic (exact) mass is 366 g/mol. The third-order valence-electron chi connectivity index (χ3n) is 5.70. The summed E-state index contributed by atoms with van der Waals surface area (Å²) in [6, 6.07) is 12.8. The zero-order valence-corrected chi connectivity index (χ0v) is 16.1. The Kier molecular flexibility index (Phi) is 5.21. The first kappa shape index (κ1) is 17.5. The summed E-state index contributed by atoms with van der Waals surface area (Å²) in [4.78, 5) is 14.7. The van der Waals surface area contributed by atoms with Crippen LogP contribution in [0.3, 0.4) is 0 Å². The van der Waals surface area contributed by atoms with Crippen molar-refractivity contribution in [3.05, 3.63) is 57.3 Å².